The van der Waals surface area contributed by atoms with Crippen LogP contribution in [0.2, 0.25) is 0 Å². The van der Waals surface area contributed by atoms with Gasteiger partial charge in [-0.05, 0) is 19.5 Å². The zero-order valence-corrected chi connectivity index (χ0v) is 12.2. The second kappa shape index (κ2) is 6.23. The fourth-order valence-corrected chi connectivity index (χ4v) is 2.34. The smallest absolute Gasteiger partial charge is 0.341 e. The number of carbonyl (C=O) groups is 1. The lowest BCUT2D eigenvalue weighted by Crippen LogP contribution is -2.21. The maximum Gasteiger partial charge on any atom is 0.341 e. The molecule has 0 saturated heterocycles. The van der Waals surface area contributed by atoms with Gasteiger partial charge in [-0.3, -0.25) is 4.79 Å². The summed E-state index contributed by atoms with van der Waals surface area (Å²) in [5, 5.41) is 11.6. The number of hydrogen-bond acceptors (Lipinski definition) is 3. The van der Waals surface area contributed by atoms with Gasteiger partial charge in [0.25, 0.3) is 0 Å². The zero-order valence-electron chi connectivity index (χ0n) is 12.2. The second-order valence-corrected chi connectivity index (χ2v) is 4.79. The Morgan fingerprint density at radius 1 is 1.36 bits per heavy atom. The Kier molecular flexibility index (Phi) is 4.56. The number of benzene rings is 1. The molecule has 0 bridgehead atoms. The van der Waals surface area contributed by atoms with Crippen LogP contribution < -0.4 is 10.7 Å². The second-order valence-electron chi connectivity index (χ2n) is 4.79. The van der Waals surface area contributed by atoms with Crippen LogP contribution in [0.3, 0.4) is 0 Å². The van der Waals surface area contributed by atoms with Crippen LogP contribution in [0.15, 0.2) is 17.1 Å². The molecule has 0 atom stereocenters. The maximum atomic E-state index is 14.6. The van der Waals surface area contributed by atoms with Crippen molar-refractivity contribution in [2.75, 3.05) is 6.54 Å². The lowest BCUT2D eigenvalue weighted by atomic mass is 10.1. The number of nitrogens with zero attached hydrogens (tertiary/aromatic N) is 1. The topological polar surface area (TPSA) is 71.3 Å². The highest BCUT2D eigenvalue weighted by molar-refractivity contribution is 5.93. The van der Waals surface area contributed by atoms with Crippen LogP contribution in [0.4, 0.5) is 8.78 Å². The monoisotopic (exact) mass is 310 g/mol. The summed E-state index contributed by atoms with van der Waals surface area (Å²) >= 11 is 0. The highest BCUT2D eigenvalue weighted by atomic mass is 19.1. The number of pyridine rings is 1. The van der Waals surface area contributed by atoms with Crippen LogP contribution in [0, 0.1) is 11.6 Å². The quantitative estimate of drug-likeness (QED) is 0.887. The van der Waals surface area contributed by atoms with Gasteiger partial charge in [-0.1, -0.05) is 6.92 Å². The SMILES string of the molecule is CCNCc1c(F)cc2c(=O)c(C(=O)O)cn(CC)c2c1F. The predicted octanol–water partition coefficient (Wildman–Crippen LogP) is 2.11. The fraction of sp³-hybridized carbons (Fsp3) is 0.333. The minimum Gasteiger partial charge on any atom is -0.477 e. The number of aryl methyl sites for hydroxylation is 1. The fourth-order valence-electron chi connectivity index (χ4n) is 2.34. The Balaban J connectivity index is 2.87. The first-order valence-corrected chi connectivity index (χ1v) is 6.90. The van der Waals surface area contributed by atoms with Crippen molar-refractivity contribution in [2.24, 2.45) is 0 Å². The van der Waals surface area contributed by atoms with Crippen molar-refractivity contribution in [2.45, 2.75) is 26.9 Å². The minimum atomic E-state index is -1.42. The van der Waals surface area contributed by atoms with Gasteiger partial charge < -0.3 is 15.0 Å². The summed E-state index contributed by atoms with van der Waals surface area (Å²) < 4.78 is 30.0. The number of nitrogens with one attached hydrogen (secondary N) is 1. The highest BCUT2D eigenvalue weighted by Gasteiger charge is 2.21. The van der Waals surface area contributed by atoms with Crippen molar-refractivity contribution in [3.63, 3.8) is 0 Å². The molecule has 22 heavy (non-hydrogen) atoms. The van der Waals surface area contributed by atoms with Crippen LogP contribution in [0.1, 0.15) is 29.8 Å². The van der Waals surface area contributed by atoms with E-state index in [1.807, 2.05) is 0 Å². The molecule has 1 aromatic heterocycles. The van der Waals surface area contributed by atoms with E-state index in [0.29, 0.717) is 6.54 Å². The number of halogens is 2. The van der Waals surface area contributed by atoms with Crippen LogP contribution in [-0.2, 0) is 13.1 Å². The van der Waals surface area contributed by atoms with Crippen molar-refractivity contribution in [3.05, 3.63) is 45.2 Å². The first-order valence-electron chi connectivity index (χ1n) is 6.90. The summed E-state index contributed by atoms with van der Waals surface area (Å²) in [6.45, 7) is 4.26. The molecule has 0 fully saturated rings. The largest absolute Gasteiger partial charge is 0.477 e. The third-order valence-electron chi connectivity index (χ3n) is 3.47. The van der Waals surface area contributed by atoms with Crippen molar-refractivity contribution in [1.29, 1.82) is 0 Å². The normalized spacial score (nSPS) is 11.1. The highest BCUT2D eigenvalue weighted by Crippen LogP contribution is 2.23. The molecule has 0 unspecified atom stereocenters. The number of fused-ring (bicyclic) bond motifs is 1. The predicted molar refractivity (Wildman–Crippen MR) is 78.1 cm³/mol. The third kappa shape index (κ3) is 2.59. The molecule has 1 aromatic carbocycles. The molecule has 0 saturated carbocycles. The Labute approximate surface area is 125 Å². The average Bonchev–Trinajstić information content (AvgIpc) is 2.47. The lowest BCUT2D eigenvalue weighted by Gasteiger charge is -2.14. The van der Waals surface area contributed by atoms with Crippen LogP contribution in [-0.4, -0.2) is 22.2 Å². The lowest BCUT2D eigenvalue weighted by molar-refractivity contribution is 0.0695. The molecule has 7 heteroatoms. The molecule has 0 radical (unpaired) electrons. The van der Waals surface area contributed by atoms with E-state index in [9.17, 15) is 18.4 Å². The van der Waals surface area contributed by atoms with E-state index in [-0.39, 0.29) is 29.6 Å². The van der Waals surface area contributed by atoms with E-state index in [1.54, 1.807) is 13.8 Å². The number of rotatable bonds is 5. The molecule has 2 N–H and O–H groups in total. The van der Waals surface area contributed by atoms with Crippen molar-refractivity contribution >= 4 is 16.9 Å². The number of carboxylic acids is 1. The van der Waals surface area contributed by atoms with Crippen LogP contribution >= 0.6 is 0 Å². The van der Waals surface area contributed by atoms with Crippen molar-refractivity contribution < 1.29 is 18.7 Å². The number of aromatic carboxylic acids is 1. The molecule has 0 amide bonds. The molecule has 0 aliphatic heterocycles. The van der Waals surface area contributed by atoms with Gasteiger partial charge >= 0.3 is 5.97 Å². The Bertz CT molecular complexity index is 800. The van der Waals surface area contributed by atoms with Gasteiger partial charge in [0, 0.05) is 24.8 Å². The van der Waals surface area contributed by atoms with Crippen molar-refractivity contribution in [1.82, 2.24) is 9.88 Å². The molecule has 5 nitrogen and oxygen atoms in total. The van der Waals surface area contributed by atoms with Crippen LogP contribution in [0.25, 0.3) is 10.9 Å². The van der Waals surface area contributed by atoms with Gasteiger partial charge in [-0.2, -0.15) is 0 Å². The molecule has 2 aromatic rings. The summed E-state index contributed by atoms with van der Waals surface area (Å²) in [5.41, 5.74) is -1.64. The molecular formula is C15H16F2N2O3. The third-order valence-corrected chi connectivity index (χ3v) is 3.47. The number of carboxylic acid groups (broad SMARTS) is 1. The summed E-state index contributed by atoms with van der Waals surface area (Å²) in [5.74, 6) is -3.13. The molecule has 2 rings (SSSR count). The molecule has 0 spiro atoms. The summed E-state index contributed by atoms with van der Waals surface area (Å²) in [4.78, 5) is 23.2. The Morgan fingerprint density at radius 2 is 2.05 bits per heavy atom. The maximum absolute atomic E-state index is 14.6. The van der Waals surface area contributed by atoms with Crippen LogP contribution in [0.5, 0.6) is 0 Å². The van der Waals surface area contributed by atoms with Crippen molar-refractivity contribution in [3.8, 4) is 0 Å². The van der Waals surface area contributed by atoms with Gasteiger partial charge in [0.15, 0.2) is 5.82 Å². The van der Waals surface area contributed by atoms with E-state index < -0.39 is 28.6 Å². The molecule has 0 aliphatic rings. The molecule has 1 heterocycles. The van der Waals surface area contributed by atoms with Gasteiger partial charge in [-0.25, -0.2) is 13.6 Å². The van der Waals surface area contributed by atoms with E-state index in [2.05, 4.69) is 5.32 Å². The molecular weight excluding hydrogens is 294 g/mol. The van der Waals surface area contributed by atoms with Gasteiger partial charge in [-0.15, -0.1) is 0 Å². The Morgan fingerprint density at radius 3 is 2.59 bits per heavy atom. The van der Waals surface area contributed by atoms with Gasteiger partial charge in [0.2, 0.25) is 5.43 Å². The Hall–Kier alpha value is -2.28. The zero-order chi connectivity index (χ0) is 16.4. The van der Waals surface area contributed by atoms with Gasteiger partial charge in [0.1, 0.15) is 11.4 Å². The summed E-state index contributed by atoms with van der Waals surface area (Å²) in [6.07, 6.45) is 1.09. The van der Waals surface area contributed by atoms with E-state index in [0.717, 1.165) is 12.3 Å². The average molecular weight is 310 g/mol. The first kappa shape index (κ1) is 16.1. The molecule has 0 aliphatic carbocycles. The summed E-state index contributed by atoms with van der Waals surface area (Å²) in [6, 6.07) is 0.909. The first-order chi connectivity index (χ1) is 10.4. The van der Waals surface area contributed by atoms with E-state index in [4.69, 9.17) is 5.11 Å². The molecule has 118 valence electrons. The summed E-state index contributed by atoms with van der Waals surface area (Å²) in [7, 11) is 0. The van der Waals surface area contributed by atoms with Gasteiger partial charge in [0.05, 0.1) is 10.9 Å². The minimum absolute atomic E-state index is 0.0112. The van der Waals surface area contributed by atoms with E-state index >= 15 is 0 Å². The van der Waals surface area contributed by atoms with E-state index in [1.165, 1.54) is 4.57 Å². The standard InChI is InChI=1S/C15H16F2N2O3/c1-3-18-6-9-11(16)5-8-13(12(9)17)19(4-2)7-10(14(8)20)15(21)22/h5,7,18H,3-4,6H2,1-2H3,(H,21,22). The number of hydrogen-bond donors (Lipinski definition) is 2. The number of aromatic nitrogens is 1.